The second kappa shape index (κ2) is 8.85. The Morgan fingerprint density at radius 2 is 1.64 bits per heavy atom. The van der Waals surface area contributed by atoms with Crippen LogP contribution in [0.5, 0.6) is 0 Å². The van der Waals surface area contributed by atoms with Crippen LogP contribution in [-0.4, -0.2) is 28.9 Å². The quantitative estimate of drug-likeness (QED) is 0.706. The van der Waals surface area contributed by atoms with E-state index in [9.17, 15) is 4.79 Å². The molecule has 2 aromatic carbocycles. The van der Waals surface area contributed by atoms with Gasteiger partial charge in [-0.2, -0.15) is 5.10 Å². The largest absolute Gasteiger partial charge is 0.381 e. The molecule has 3 aromatic rings. The molecule has 0 radical (unpaired) electrons. The predicted molar refractivity (Wildman–Crippen MR) is 109 cm³/mol. The first-order valence-electron chi connectivity index (χ1n) is 9.80. The molecule has 28 heavy (non-hydrogen) atoms. The Kier molecular flexibility index (Phi) is 5.83. The van der Waals surface area contributed by atoms with Crippen molar-refractivity contribution >= 4 is 11.6 Å². The van der Waals surface area contributed by atoms with Crippen molar-refractivity contribution in [1.29, 1.82) is 0 Å². The number of aromatic nitrogens is 2. The molecule has 144 valence electrons. The van der Waals surface area contributed by atoms with Gasteiger partial charge in [0.15, 0.2) is 0 Å². The topological polar surface area (TPSA) is 56.2 Å². The van der Waals surface area contributed by atoms with Crippen LogP contribution in [0, 0.1) is 5.92 Å². The summed E-state index contributed by atoms with van der Waals surface area (Å²) in [6.07, 6.45) is 5.77. The molecule has 1 saturated heterocycles. The molecule has 1 aromatic heterocycles. The number of carbonyl (C=O) groups is 1. The van der Waals surface area contributed by atoms with Crippen molar-refractivity contribution in [3.05, 3.63) is 84.2 Å². The lowest BCUT2D eigenvalue weighted by Gasteiger charge is -2.21. The van der Waals surface area contributed by atoms with E-state index >= 15 is 0 Å². The van der Waals surface area contributed by atoms with Crippen LogP contribution >= 0.6 is 0 Å². The second-order valence-electron chi connectivity index (χ2n) is 7.25. The first kappa shape index (κ1) is 18.4. The highest BCUT2D eigenvalue weighted by Crippen LogP contribution is 2.26. The van der Waals surface area contributed by atoms with Crippen molar-refractivity contribution < 1.29 is 9.53 Å². The Balaban J connectivity index is 1.49. The fourth-order valence-corrected chi connectivity index (χ4v) is 3.72. The number of amides is 1. The van der Waals surface area contributed by atoms with E-state index in [0.29, 0.717) is 5.92 Å². The van der Waals surface area contributed by atoms with Crippen molar-refractivity contribution in [2.75, 3.05) is 18.5 Å². The van der Waals surface area contributed by atoms with Gasteiger partial charge in [-0.15, -0.1) is 0 Å². The number of anilines is 1. The van der Waals surface area contributed by atoms with E-state index < -0.39 is 0 Å². The number of hydrogen-bond donors (Lipinski definition) is 1. The summed E-state index contributed by atoms with van der Waals surface area (Å²) in [5.74, 6) is 0.169. The Bertz CT molecular complexity index is 847. The molecule has 1 amide bonds. The number of rotatable bonds is 6. The van der Waals surface area contributed by atoms with E-state index in [0.717, 1.165) is 49.4 Å². The average Bonchev–Trinajstić information content (AvgIpc) is 3.17. The molecule has 1 N–H and O–H groups in total. The lowest BCUT2D eigenvalue weighted by atomic mass is 9.90. The van der Waals surface area contributed by atoms with Crippen molar-refractivity contribution in [3.63, 3.8) is 0 Å². The molecule has 1 aliphatic heterocycles. The average molecular weight is 375 g/mol. The summed E-state index contributed by atoms with van der Waals surface area (Å²) in [6, 6.07) is 19.7. The van der Waals surface area contributed by atoms with E-state index in [-0.39, 0.29) is 11.8 Å². The maximum atomic E-state index is 13.1. The molecule has 0 aliphatic carbocycles. The van der Waals surface area contributed by atoms with Gasteiger partial charge in [0, 0.05) is 26.0 Å². The fourth-order valence-electron chi connectivity index (χ4n) is 3.72. The van der Waals surface area contributed by atoms with E-state index in [1.807, 2.05) is 71.5 Å². The van der Waals surface area contributed by atoms with Gasteiger partial charge in [-0.1, -0.05) is 60.7 Å². The van der Waals surface area contributed by atoms with Gasteiger partial charge >= 0.3 is 0 Å². The predicted octanol–water partition coefficient (Wildman–Crippen LogP) is 4.08. The van der Waals surface area contributed by atoms with Crippen LogP contribution in [0.1, 0.15) is 29.9 Å². The van der Waals surface area contributed by atoms with Crippen molar-refractivity contribution in [1.82, 2.24) is 9.78 Å². The van der Waals surface area contributed by atoms with Gasteiger partial charge in [0.2, 0.25) is 5.91 Å². The normalized spacial score (nSPS) is 14.9. The lowest BCUT2D eigenvalue weighted by Crippen LogP contribution is -2.22. The Morgan fingerprint density at radius 1 is 1.04 bits per heavy atom. The fraction of sp³-hybridized carbons (Fsp3) is 0.304. The van der Waals surface area contributed by atoms with Crippen molar-refractivity contribution in [3.8, 4) is 0 Å². The molecule has 0 spiro atoms. The zero-order valence-electron chi connectivity index (χ0n) is 15.8. The molecule has 1 aliphatic rings. The van der Waals surface area contributed by atoms with Crippen LogP contribution in [-0.2, 0) is 16.1 Å². The molecule has 5 heteroatoms. The van der Waals surface area contributed by atoms with Crippen molar-refractivity contribution in [2.45, 2.75) is 25.3 Å². The van der Waals surface area contributed by atoms with Crippen LogP contribution < -0.4 is 5.32 Å². The monoisotopic (exact) mass is 375 g/mol. The lowest BCUT2D eigenvalue weighted by molar-refractivity contribution is -0.116. The number of nitrogens with zero attached hydrogens (tertiary/aromatic N) is 2. The van der Waals surface area contributed by atoms with Gasteiger partial charge in [-0.05, 0) is 29.9 Å². The molecule has 0 unspecified atom stereocenters. The third kappa shape index (κ3) is 4.49. The SMILES string of the molecule is O=C(Nc1cnn(CC2CCOCC2)c1)C(c1ccccc1)c1ccccc1. The maximum Gasteiger partial charge on any atom is 0.236 e. The number of hydrogen-bond acceptors (Lipinski definition) is 3. The summed E-state index contributed by atoms with van der Waals surface area (Å²) in [5.41, 5.74) is 2.68. The standard InChI is InChI=1S/C23H25N3O2/c27-23(22(19-7-3-1-4-8-19)20-9-5-2-6-10-20)25-21-15-24-26(17-21)16-18-11-13-28-14-12-18/h1-10,15,17-18,22H,11-14,16H2,(H,25,27). The Hall–Kier alpha value is -2.92. The zero-order chi connectivity index (χ0) is 19.2. The molecular weight excluding hydrogens is 350 g/mol. The number of nitrogens with one attached hydrogen (secondary N) is 1. The molecule has 0 atom stereocenters. The van der Waals surface area contributed by atoms with E-state index in [1.54, 1.807) is 6.20 Å². The second-order valence-corrected chi connectivity index (χ2v) is 7.25. The van der Waals surface area contributed by atoms with E-state index in [4.69, 9.17) is 4.74 Å². The van der Waals surface area contributed by atoms with Gasteiger partial charge < -0.3 is 10.1 Å². The third-order valence-corrected chi connectivity index (χ3v) is 5.21. The number of ether oxygens (including phenoxy) is 1. The summed E-state index contributed by atoms with van der Waals surface area (Å²) >= 11 is 0. The first-order valence-corrected chi connectivity index (χ1v) is 9.80. The smallest absolute Gasteiger partial charge is 0.236 e. The van der Waals surface area contributed by atoms with Crippen LogP contribution in [0.15, 0.2) is 73.1 Å². The minimum atomic E-state index is -0.360. The molecule has 4 rings (SSSR count). The van der Waals surface area contributed by atoms with Crippen LogP contribution in [0.2, 0.25) is 0 Å². The first-order chi connectivity index (χ1) is 13.8. The van der Waals surface area contributed by atoms with E-state index in [1.165, 1.54) is 0 Å². The van der Waals surface area contributed by atoms with Gasteiger partial charge in [0.1, 0.15) is 0 Å². The van der Waals surface area contributed by atoms with Crippen LogP contribution in [0.4, 0.5) is 5.69 Å². The summed E-state index contributed by atoms with van der Waals surface area (Å²) in [7, 11) is 0. The summed E-state index contributed by atoms with van der Waals surface area (Å²) in [5, 5.41) is 7.48. The molecule has 0 bridgehead atoms. The highest BCUT2D eigenvalue weighted by molar-refractivity contribution is 5.98. The summed E-state index contributed by atoms with van der Waals surface area (Å²) in [6.45, 7) is 2.51. The minimum absolute atomic E-state index is 0.0528. The minimum Gasteiger partial charge on any atom is -0.381 e. The summed E-state index contributed by atoms with van der Waals surface area (Å²) < 4.78 is 7.34. The highest BCUT2D eigenvalue weighted by Gasteiger charge is 2.23. The number of carbonyl (C=O) groups excluding carboxylic acids is 1. The molecule has 5 nitrogen and oxygen atoms in total. The highest BCUT2D eigenvalue weighted by atomic mass is 16.5. The zero-order valence-corrected chi connectivity index (χ0v) is 15.8. The Morgan fingerprint density at radius 3 is 2.25 bits per heavy atom. The maximum absolute atomic E-state index is 13.1. The van der Waals surface area contributed by atoms with Gasteiger partial charge in [0.25, 0.3) is 0 Å². The van der Waals surface area contributed by atoms with Crippen molar-refractivity contribution in [2.24, 2.45) is 5.92 Å². The van der Waals surface area contributed by atoms with Crippen LogP contribution in [0.3, 0.4) is 0 Å². The van der Waals surface area contributed by atoms with E-state index in [2.05, 4.69) is 10.4 Å². The number of benzene rings is 2. The molecular formula is C23H25N3O2. The van der Waals surface area contributed by atoms with Gasteiger partial charge in [-0.25, -0.2) is 0 Å². The van der Waals surface area contributed by atoms with Gasteiger partial charge in [-0.3, -0.25) is 9.48 Å². The third-order valence-electron chi connectivity index (χ3n) is 5.21. The van der Waals surface area contributed by atoms with Crippen LogP contribution in [0.25, 0.3) is 0 Å². The summed E-state index contributed by atoms with van der Waals surface area (Å²) in [4.78, 5) is 13.1. The molecule has 2 heterocycles. The molecule has 1 fully saturated rings. The Labute approximate surface area is 165 Å². The molecule has 0 saturated carbocycles. The van der Waals surface area contributed by atoms with Gasteiger partial charge in [0.05, 0.1) is 17.8 Å².